The second kappa shape index (κ2) is 11.1. The second-order valence-corrected chi connectivity index (χ2v) is 11.9. The summed E-state index contributed by atoms with van der Waals surface area (Å²) >= 11 is 0. The zero-order valence-electron chi connectivity index (χ0n) is 38.7. The fourth-order valence-corrected chi connectivity index (χ4v) is 6.89. The molecule has 0 aliphatic carbocycles. The van der Waals surface area contributed by atoms with Crippen LogP contribution in [0.4, 0.5) is 0 Å². The molecule has 0 saturated heterocycles. The topological polar surface area (TPSA) is 13.1 Å². The maximum atomic E-state index is 9.24. The standard InChI is InChI=1S/C48H30O/c1-3-11-31(12-4-1)36-24-26-45-44(29-36)39-25-23-37(30-46(39)49-45)34-19-20-35-28-38(22-21-33(35)27-34)48-42-17-9-7-15-40(42)47(32-13-5-2-6-14-32)41-16-8-10-18-43(41)48/h1-30H/i2D,5D,6D,7D,8D,9D,10D,13D,14D,15D,16D,17D,18D. The molecule has 0 N–H and O–H groups in total. The van der Waals surface area contributed by atoms with Crippen molar-refractivity contribution >= 4 is 54.3 Å². The normalized spacial score (nSPS) is 15.4. The van der Waals surface area contributed by atoms with Crippen molar-refractivity contribution < 1.29 is 22.2 Å². The minimum atomic E-state index is -0.711. The summed E-state index contributed by atoms with van der Waals surface area (Å²) in [4.78, 5) is 0. The number of rotatable bonds is 4. The SMILES string of the molecule is [2H]c1c([2H])c([2H])c(-c2c3c([2H])c([2H])c([2H])c([2H])c3c(-c3ccc4cc(-c5ccc6c(c5)oc5ccc(-c7ccccc7)cc56)ccc4c3)c3c([2H])c([2H])c([2H])c([2H])c23)c([2H])c1[2H]. The zero-order chi connectivity index (χ0) is 43.6. The quantitative estimate of drug-likeness (QED) is 0.175. The summed E-state index contributed by atoms with van der Waals surface area (Å²) in [5.74, 6) is 0. The van der Waals surface area contributed by atoms with E-state index in [0.717, 1.165) is 55.0 Å². The van der Waals surface area contributed by atoms with E-state index in [1.54, 1.807) is 12.1 Å². The number of hydrogen-bond donors (Lipinski definition) is 0. The van der Waals surface area contributed by atoms with Gasteiger partial charge in [0, 0.05) is 10.8 Å². The van der Waals surface area contributed by atoms with Crippen LogP contribution in [0.2, 0.25) is 0 Å². The van der Waals surface area contributed by atoms with E-state index in [1.165, 1.54) is 0 Å². The minimum absolute atomic E-state index is 0.0850. The molecule has 0 aliphatic heterocycles. The molecule has 0 amide bonds. The van der Waals surface area contributed by atoms with Crippen LogP contribution in [0.15, 0.2) is 186 Å². The molecule has 228 valence electrons. The van der Waals surface area contributed by atoms with Crippen LogP contribution in [0.25, 0.3) is 98.8 Å². The van der Waals surface area contributed by atoms with Crippen LogP contribution in [0.1, 0.15) is 17.8 Å². The number of hydrogen-bond acceptors (Lipinski definition) is 1. The third-order valence-corrected chi connectivity index (χ3v) is 9.17. The monoisotopic (exact) mass is 635 g/mol. The van der Waals surface area contributed by atoms with Gasteiger partial charge < -0.3 is 4.42 Å². The molecular formula is C48H30O. The molecule has 9 aromatic carbocycles. The third-order valence-electron chi connectivity index (χ3n) is 9.17. The van der Waals surface area contributed by atoms with E-state index in [4.69, 9.17) is 16.8 Å². The Balaban J connectivity index is 1.20. The van der Waals surface area contributed by atoms with Crippen molar-refractivity contribution in [3.63, 3.8) is 0 Å². The summed E-state index contributed by atoms with van der Waals surface area (Å²) in [6, 6.07) is 25.3. The molecule has 0 radical (unpaired) electrons. The van der Waals surface area contributed by atoms with Gasteiger partial charge in [-0.2, -0.15) is 0 Å². The molecule has 1 heterocycles. The summed E-state index contributed by atoms with van der Waals surface area (Å²) in [5.41, 5.74) is 5.23. The zero-order valence-corrected chi connectivity index (χ0v) is 25.7. The number of furan rings is 1. The fraction of sp³-hybridized carbons (Fsp3) is 0. The molecule has 1 aromatic heterocycles. The van der Waals surface area contributed by atoms with Crippen molar-refractivity contribution in [3.8, 4) is 44.5 Å². The first kappa shape index (κ1) is 17.6. The summed E-state index contributed by atoms with van der Waals surface area (Å²) in [6.45, 7) is 0. The molecule has 0 saturated carbocycles. The average molecular weight is 636 g/mol. The largest absolute Gasteiger partial charge is 0.456 e. The van der Waals surface area contributed by atoms with E-state index in [0.29, 0.717) is 5.56 Å². The van der Waals surface area contributed by atoms with Crippen LogP contribution in [0.5, 0.6) is 0 Å². The first-order valence-corrected chi connectivity index (χ1v) is 15.8. The first-order valence-electron chi connectivity index (χ1n) is 22.3. The molecule has 0 aliphatic rings. The van der Waals surface area contributed by atoms with E-state index in [9.17, 15) is 5.48 Å². The van der Waals surface area contributed by atoms with Crippen LogP contribution >= 0.6 is 0 Å². The Morgan fingerprint density at radius 2 is 0.857 bits per heavy atom. The first-order chi connectivity index (χ1) is 29.7. The van der Waals surface area contributed by atoms with Gasteiger partial charge in [-0.1, -0.05) is 145 Å². The molecule has 10 aromatic rings. The molecule has 0 bridgehead atoms. The average Bonchev–Trinajstić information content (AvgIpc) is 3.66. The van der Waals surface area contributed by atoms with Gasteiger partial charge in [-0.15, -0.1) is 0 Å². The molecule has 0 atom stereocenters. The molecular weight excluding hydrogens is 593 g/mol. The van der Waals surface area contributed by atoms with Gasteiger partial charge in [0.05, 0.1) is 17.8 Å². The maximum Gasteiger partial charge on any atom is 0.136 e. The molecule has 0 spiro atoms. The highest BCUT2D eigenvalue weighted by Crippen LogP contribution is 2.44. The summed E-state index contributed by atoms with van der Waals surface area (Å²) < 4.78 is 121. The Bertz CT molecular complexity index is 3510. The highest BCUT2D eigenvalue weighted by molar-refractivity contribution is 6.21. The second-order valence-electron chi connectivity index (χ2n) is 11.9. The van der Waals surface area contributed by atoms with Gasteiger partial charge in [0.1, 0.15) is 11.2 Å². The summed E-state index contributed by atoms with van der Waals surface area (Å²) in [6.07, 6.45) is 0. The minimum Gasteiger partial charge on any atom is -0.456 e. The Labute approximate surface area is 302 Å². The van der Waals surface area contributed by atoms with Gasteiger partial charge in [-0.05, 0) is 113 Å². The van der Waals surface area contributed by atoms with E-state index in [1.807, 2.05) is 72.8 Å². The van der Waals surface area contributed by atoms with Gasteiger partial charge in [-0.25, -0.2) is 0 Å². The van der Waals surface area contributed by atoms with Gasteiger partial charge in [0.15, 0.2) is 0 Å². The molecule has 1 nitrogen and oxygen atoms in total. The van der Waals surface area contributed by atoms with Crippen LogP contribution < -0.4 is 0 Å². The lowest BCUT2D eigenvalue weighted by molar-refractivity contribution is 0.669. The third kappa shape index (κ3) is 4.55. The van der Waals surface area contributed by atoms with E-state index in [-0.39, 0.29) is 32.7 Å². The van der Waals surface area contributed by atoms with Crippen molar-refractivity contribution in [2.75, 3.05) is 0 Å². The Morgan fingerprint density at radius 1 is 0.327 bits per heavy atom. The van der Waals surface area contributed by atoms with Gasteiger partial charge in [-0.3, -0.25) is 0 Å². The lowest BCUT2D eigenvalue weighted by Crippen LogP contribution is -1.90. The maximum absolute atomic E-state index is 9.24. The molecule has 0 unspecified atom stereocenters. The van der Waals surface area contributed by atoms with Crippen LogP contribution in [0, 0.1) is 0 Å². The Kier molecular flexibility index (Phi) is 3.99. The van der Waals surface area contributed by atoms with Crippen molar-refractivity contribution in [1.29, 1.82) is 0 Å². The van der Waals surface area contributed by atoms with Crippen molar-refractivity contribution in [3.05, 3.63) is 182 Å². The molecule has 0 fully saturated rings. The van der Waals surface area contributed by atoms with Crippen molar-refractivity contribution in [1.82, 2.24) is 0 Å². The summed E-state index contributed by atoms with van der Waals surface area (Å²) in [5, 5.41) is 2.81. The van der Waals surface area contributed by atoms with E-state index < -0.39 is 84.1 Å². The van der Waals surface area contributed by atoms with Gasteiger partial charge in [0.2, 0.25) is 0 Å². The van der Waals surface area contributed by atoms with Gasteiger partial charge >= 0.3 is 0 Å². The lowest BCUT2D eigenvalue weighted by Gasteiger charge is -2.18. The smallest absolute Gasteiger partial charge is 0.136 e. The lowest BCUT2D eigenvalue weighted by atomic mass is 9.85. The molecule has 10 rings (SSSR count). The van der Waals surface area contributed by atoms with Crippen LogP contribution in [-0.4, -0.2) is 0 Å². The fourth-order valence-electron chi connectivity index (χ4n) is 6.89. The van der Waals surface area contributed by atoms with Crippen LogP contribution in [-0.2, 0) is 0 Å². The predicted octanol–water partition coefficient (Wildman–Crippen LogP) is 13.7. The summed E-state index contributed by atoms with van der Waals surface area (Å²) in [7, 11) is 0. The van der Waals surface area contributed by atoms with E-state index >= 15 is 0 Å². The number of fused-ring (bicyclic) bond motifs is 6. The Morgan fingerprint density at radius 3 is 1.55 bits per heavy atom. The highest BCUT2D eigenvalue weighted by Gasteiger charge is 2.17. The highest BCUT2D eigenvalue weighted by atomic mass is 16.3. The van der Waals surface area contributed by atoms with Crippen molar-refractivity contribution in [2.24, 2.45) is 0 Å². The Hall–Kier alpha value is -6.44. The van der Waals surface area contributed by atoms with Crippen LogP contribution in [0.3, 0.4) is 0 Å². The van der Waals surface area contributed by atoms with Gasteiger partial charge in [0.25, 0.3) is 0 Å². The molecule has 49 heavy (non-hydrogen) atoms. The number of benzene rings is 9. The van der Waals surface area contributed by atoms with Crippen molar-refractivity contribution in [2.45, 2.75) is 0 Å². The van der Waals surface area contributed by atoms with E-state index in [2.05, 4.69) is 18.2 Å². The molecule has 1 heteroatoms. The predicted molar refractivity (Wildman–Crippen MR) is 208 cm³/mol.